The quantitative estimate of drug-likeness (QED) is 0.507. The molecular formula is C13H18N8O3. The molecular weight excluding hydrogens is 316 g/mol. The van der Waals surface area contributed by atoms with E-state index in [0.29, 0.717) is 0 Å². The van der Waals surface area contributed by atoms with Gasteiger partial charge in [0.25, 0.3) is 11.8 Å². The fourth-order valence-electron chi connectivity index (χ4n) is 1.99. The molecule has 2 rings (SSSR count). The molecule has 11 nitrogen and oxygen atoms in total. The molecule has 0 saturated heterocycles. The predicted octanol–water partition coefficient (Wildman–Crippen LogP) is -1.41. The summed E-state index contributed by atoms with van der Waals surface area (Å²) in [5, 5.41) is 5.05. The van der Waals surface area contributed by atoms with Gasteiger partial charge >= 0.3 is 0 Å². The Labute approximate surface area is 137 Å². The van der Waals surface area contributed by atoms with E-state index >= 15 is 0 Å². The predicted molar refractivity (Wildman–Crippen MR) is 84.9 cm³/mol. The monoisotopic (exact) mass is 334 g/mol. The molecule has 0 spiro atoms. The lowest BCUT2D eigenvalue weighted by molar-refractivity contribution is -0.117. The van der Waals surface area contributed by atoms with Gasteiger partial charge < -0.3 is 31.2 Å². The zero-order chi connectivity index (χ0) is 17.9. The maximum Gasteiger partial charge on any atom is 0.292 e. The number of rotatable bonds is 6. The van der Waals surface area contributed by atoms with Crippen LogP contribution in [0.1, 0.15) is 27.7 Å². The first-order valence-electron chi connectivity index (χ1n) is 6.98. The van der Waals surface area contributed by atoms with Gasteiger partial charge in [0.1, 0.15) is 5.82 Å². The van der Waals surface area contributed by atoms with Crippen molar-refractivity contribution in [3.63, 3.8) is 0 Å². The van der Waals surface area contributed by atoms with E-state index < -0.39 is 17.7 Å². The van der Waals surface area contributed by atoms with Crippen molar-refractivity contribution in [1.29, 1.82) is 0 Å². The number of carbonyl (C=O) groups is 3. The first-order valence-corrected chi connectivity index (χ1v) is 6.98. The minimum atomic E-state index is -0.516. The van der Waals surface area contributed by atoms with Crippen LogP contribution in [0.2, 0.25) is 0 Å². The molecule has 0 bridgehead atoms. The van der Waals surface area contributed by atoms with Gasteiger partial charge in [-0.25, -0.2) is 9.97 Å². The lowest BCUT2D eigenvalue weighted by Crippen LogP contribution is -2.29. The number of primary amides is 1. The van der Waals surface area contributed by atoms with Gasteiger partial charge in [-0.15, -0.1) is 0 Å². The third-order valence-corrected chi connectivity index (χ3v) is 3.08. The molecule has 0 aliphatic rings. The second kappa shape index (κ2) is 6.81. The highest BCUT2D eigenvalue weighted by molar-refractivity contribution is 6.02. The van der Waals surface area contributed by atoms with Crippen LogP contribution in [0.15, 0.2) is 12.4 Å². The number of imidazole rings is 2. The molecule has 2 aromatic heterocycles. The SMILES string of the molecule is Cn1cc(NC(=O)c2nc(N)cn2C)nc1C(=O)NCCC(N)=O. The van der Waals surface area contributed by atoms with Crippen LogP contribution in [0.5, 0.6) is 0 Å². The normalized spacial score (nSPS) is 10.4. The number of nitrogens with two attached hydrogens (primary N) is 2. The number of hydrogen-bond acceptors (Lipinski definition) is 6. The van der Waals surface area contributed by atoms with Gasteiger partial charge in [-0.05, 0) is 0 Å². The Morgan fingerprint density at radius 3 is 2.29 bits per heavy atom. The Morgan fingerprint density at radius 1 is 1.08 bits per heavy atom. The standard InChI is InChI=1S/C13H18N8O3/c1-20-5-7(14)17-11(20)13(24)19-9-6-21(2)10(18-9)12(23)16-4-3-8(15)22/h5-6H,3-4,14H2,1-2H3,(H2,15,22)(H,16,23)(H,19,24). The number of nitrogen functional groups attached to an aromatic ring is 1. The van der Waals surface area contributed by atoms with Crippen LogP contribution in [0, 0.1) is 0 Å². The van der Waals surface area contributed by atoms with Crippen molar-refractivity contribution in [1.82, 2.24) is 24.4 Å². The molecule has 0 aliphatic heterocycles. The van der Waals surface area contributed by atoms with Crippen molar-refractivity contribution in [2.24, 2.45) is 19.8 Å². The zero-order valence-electron chi connectivity index (χ0n) is 13.2. The molecule has 11 heteroatoms. The summed E-state index contributed by atoms with van der Waals surface area (Å²) < 4.78 is 2.92. The Hall–Kier alpha value is -3.37. The number of carbonyl (C=O) groups excluding carboxylic acids is 3. The molecule has 0 unspecified atom stereocenters. The highest BCUT2D eigenvalue weighted by Gasteiger charge is 2.18. The van der Waals surface area contributed by atoms with Gasteiger partial charge in [0, 0.05) is 39.5 Å². The van der Waals surface area contributed by atoms with E-state index in [1.165, 1.54) is 21.5 Å². The van der Waals surface area contributed by atoms with Crippen molar-refractivity contribution in [3.05, 3.63) is 24.0 Å². The van der Waals surface area contributed by atoms with E-state index in [1.54, 1.807) is 14.1 Å². The molecule has 0 aromatic carbocycles. The molecule has 0 fully saturated rings. The van der Waals surface area contributed by atoms with E-state index in [0.717, 1.165) is 0 Å². The fraction of sp³-hybridized carbons (Fsp3) is 0.308. The van der Waals surface area contributed by atoms with Crippen LogP contribution in [0.3, 0.4) is 0 Å². The fourth-order valence-corrected chi connectivity index (χ4v) is 1.99. The highest BCUT2D eigenvalue weighted by Crippen LogP contribution is 2.10. The largest absolute Gasteiger partial charge is 0.382 e. The average molecular weight is 334 g/mol. The molecule has 0 radical (unpaired) electrons. The van der Waals surface area contributed by atoms with Crippen molar-refractivity contribution in [2.45, 2.75) is 6.42 Å². The van der Waals surface area contributed by atoms with Crippen LogP contribution in [0.4, 0.5) is 11.6 Å². The van der Waals surface area contributed by atoms with E-state index in [1.807, 2.05) is 0 Å². The lowest BCUT2D eigenvalue weighted by atomic mass is 10.4. The molecule has 3 amide bonds. The van der Waals surface area contributed by atoms with Crippen molar-refractivity contribution < 1.29 is 14.4 Å². The smallest absolute Gasteiger partial charge is 0.292 e. The van der Waals surface area contributed by atoms with Gasteiger partial charge in [0.05, 0.1) is 0 Å². The number of amides is 3. The summed E-state index contributed by atoms with van der Waals surface area (Å²) in [4.78, 5) is 42.7. The molecule has 6 N–H and O–H groups in total. The summed E-state index contributed by atoms with van der Waals surface area (Å²) in [7, 11) is 3.23. The second-order valence-corrected chi connectivity index (χ2v) is 5.09. The number of nitrogens with zero attached hydrogens (tertiary/aromatic N) is 4. The number of aromatic nitrogens is 4. The van der Waals surface area contributed by atoms with Gasteiger partial charge in [-0.1, -0.05) is 0 Å². The first-order chi connectivity index (χ1) is 11.3. The number of nitrogens with one attached hydrogen (secondary N) is 2. The van der Waals surface area contributed by atoms with Crippen molar-refractivity contribution >= 4 is 29.4 Å². The number of aryl methyl sites for hydroxylation is 2. The first kappa shape index (κ1) is 17.0. The van der Waals surface area contributed by atoms with Crippen LogP contribution in [-0.4, -0.2) is 43.4 Å². The number of hydrogen-bond donors (Lipinski definition) is 4. The van der Waals surface area contributed by atoms with E-state index in [2.05, 4.69) is 20.6 Å². The maximum atomic E-state index is 12.1. The molecule has 24 heavy (non-hydrogen) atoms. The molecule has 0 atom stereocenters. The summed E-state index contributed by atoms with van der Waals surface area (Å²) in [6.07, 6.45) is 3.01. The van der Waals surface area contributed by atoms with Crippen molar-refractivity contribution in [2.75, 3.05) is 17.6 Å². The Kier molecular flexibility index (Phi) is 4.82. The Balaban J connectivity index is 2.05. The van der Waals surface area contributed by atoms with Crippen LogP contribution < -0.4 is 22.1 Å². The summed E-state index contributed by atoms with van der Waals surface area (Å²) in [6.45, 7) is 0.106. The second-order valence-electron chi connectivity index (χ2n) is 5.09. The Morgan fingerprint density at radius 2 is 1.71 bits per heavy atom. The van der Waals surface area contributed by atoms with E-state index in [-0.39, 0.29) is 36.3 Å². The molecule has 2 aromatic rings. The molecule has 128 valence electrons. The zero-order valence-corrected chi connectivity index (χ0v) is 13.2. The lowest BCUT2D eigenvalue weighted by Gasteiger charge is -2.02. The Bertz CT molecular complexity index is 791. The van der Waals surface area contributed by atoms with Crippen LogP contribution in [0.25, 0.3) is 0 Å². The third-order valence-electron chi connectivity index (χ3n) is 3.08. The summed E-state index contributed by atoms with van der Waals surface area (Å²) in [5.41, 5.74) is 10.5. The average Bonchev–Trinajstić information content (AvgIpc) is 3.00. The minimum Gasteiger partial charge on any atom is -0.382 e. The molecule has 2 heterocycles. The van der Waals surface area contributed by atoms with Gasteiger partial charge in [-0.2, -0.15) is 0 Å². The minimum absolute atomic E-state index is 0.0281. The molecule has 0 aliphatic carbocycles. The van der Waals surface area contributed by atoms with E-state index in [4.69, 9.17) is 11.5 Å². The topological polar surface area (TPSA) is 163 Å². The number of anilines is 2. The van der Waals surface area contributed by atoms with Gasteiger partial charge in [0.15, 0.2) is 5.82 Å². The van der Waals surface area contributed by atoms with Gasteiger partial charge in [0.2, 0.25) is 17.6 Å². The third kappa shape index (κ3) is 3.88. The maximum absolute atomic E-state index is 12.1. The van der Waals surface area contributed by atoms with Crippen LogP contribution >= 0.6 is 0 Å². The van der Waals surface area contributed by atoms with Crippen LogP contribution in [-0.2, 0) is 18.9 Å². The highest BCUT2D eigenvalue weighted by atomic mass is 16.2. The summed E-state index contributed by atoms with van der Waals surface area (Å²) in [6, 6.07) is 0. The van der Waals surface area contributed by atoms with Gasteiger partial charge in [-0.3, -0.25) is 14.4 Å². The van der Waals surface area contributed by atoms with Crippen molar-refractivity contribution in [3.8, 4) is 0 Å². The summed E-state index contributed by atoms with van der Waals surface area (Å²) in [5.74, 6) is -0.909. The summed E-state index contributed by atoms with van der Waals surface area (Å²) >= 11 is 0. The van der Waals surface area contributed by atoms with E-state index in [9.17, 15) is 14.4 Å². The molecule has 0 saturated carbocycles.